The van der Waals surface area contributed by atoms with E-state index in [1.54, 1.807) is 28.0 Å². The average molecular weight is 421 g/mol. The SMILES string of the molecule is CSc1cccc2sc(N3CCN(C(=O)c4ccc([N+](=O)[O-])s4)CC3)nc12. The minimum atomic E-state index is -0.463. The number of carbonyl (C=O) groups is 1. The Morgan fingerprint density at radius 2 is 1.96 bits per heavy atom. The van der Waals surface area contributed by atoms with Crippen LogP contribution in [0.5, 0.6) is 0 Å². The number of anilines is 1. The van der Waals surface area contributed by atoms with Crippen LogP contribution >= 0.6 is 34.4 Å². The Morgan fingerprint density at radius 1 is 1.19 bits per heavy atom. The minimum absolute atomic E-state index is 0.00365. The van der Waals surface area contributed by atoms with Crippen LogP contribution in [-0.4, -0.2) is 53.1 Å². The van der Waals surface area contributed by atoms with E-state index in [0.29, 0.717) is 31.1 Å². The number of nitrogens with zero attached hydrogens (tertiary/aromatic N) is 4. The third-order valence-electron chi connectivity index (χ3n) is 4.41. The third kappa shape index (κ3) is 3.52. The van der Waals surface area contributed by atoms with Gasteiger partial charge in [0, 0.05) is 37.1 Å². The van der Waals surface area contributed by atoms with Crippen molar-refractivity contribution in [1.29, 1.82) is 0 Å². The molecule has 7 nitrogen and oxygen atoms in total. The second kappa shape index (κ2) is 7.45. The number of hydrogen-bond acceptors (Lipinski definition) is 8. The highest BCUT2D eigenvalue weighted by Crippen LogP contribution is 2.34. The van der Waals surface area contributed by atoms with Crippen LogP contribution in [0, 0.1) is 10.1 Å². The van der Waals surface area contributed by atoms with E-state index < -0.39 is 4.92 Å². The normalized spacial score (nSPS) is 14.7. The summed E-state index contributed by atoms with van der Waals surface area (Å²) in [7, 11) is 0. The molecular formula is C17H16N4O3S3. The van der Waals surface area contributed by atoms with Crippen LogP contribution in [0.4, 0.5) is 10.1 Å². The van der Waals surface area contributed by atoms with Gasteiger partial charge in [0.25, 0.3) is 5.91 Å². The summed E-state index contributed by atoms with van der Waals surface area (Å²) in [5.41, 5.74) is 1.04. The molecule has 0 radical (unpaired) electrons. The van der Waals surface area contributed by atoms with E-state index in [4.69, 9.17) is 4.98 Å². The van der Waals surface area contributed by atoms with Crippen molar-refractivity contribution in [1.82, 2.24) is 9.88 Å². The fourth-order valence-electron chi connectivity index (χ4n) is 3.01. The van der Waals surface area contributed by atoms with Crippen LogP contribution in [0.15, 0.2) is 35.2 Å². The van der Waals surface area contributed by atoms with Crippen molar-refractivity contribution in [3.8, 4) is 0 Å². The number of fused-ring (bicyclic) bond motifs is 1. The van der Waals surface area contributed by atoms with Gasteiger partial charge in [-0.1, -0.05) is 28.7 Å². The third-order valence-corrected chi connectivity index (χ3v) is 7.29. The molecule has 0 bridgehead atoms. The van der Waals surface area contributed by atoms with Gasteiger partial charge in [0.05, 0.1) is 20.0 Å². The number of piperazine rings is 1. The lowest BCUT2D eigenvalue weighted by molar-refractivity contribution is -0.380. The van der Waals surface area contributed by atoms with Gasteiger partial charge < -0.3 is 9.80 Å². The number of nitro groups is 1. The molecular weight excluding hydrogens is 404 g/mol. The average Bonchev–Trinajstić information content (AvgIpc) is 3.34. The number of amides is 1. The standard InChI is InChI=1S/C17H16N4O3S3/c1-25-11-3-2-4-12-15(11)18-17(27-12)20-9-7-19(8-10-20)16(22)13-5-6-14(26-13)21(23)24/h2-6H,7-10H2,1H3. The molecule has 1 fully saturated rings. The summed E-state index contributed by atoms with van der Waals surface area (Å²) in [6.07, 6.45) is 2.05. The zero-order chi connectivity index (χ0) is 19.0. The fraction of sp³-hybridized carbons (Fsp3) is 0.294. The van der Waals surface area contributed by atoms with Crippen molar-refractivity contribution in [2.75, 3.05) is 37.3 Å². The smallest absolute Gasteiger partial charge is 0.324 e. The van der Waals surface area contributed by atoms with Crippen molar-refractivity contribution in [2.24, 2.45) is 0 Å². The molecule has 1 aliphatic heterocycles. The second-order valence-electron chi connectivity index (χ2n) is 5.98. The van der Waals surface area contributed by atoms with Gasteiger partial charge in [-0.05, 0) is 24.5 Å². The topological polar surface area (TPSA) is 79.6 Å². The highest BCUT2D eigenvalue weighted by molar-refractivity contribution is 7.98. The predicted octanol–water partition coefficient (Wildman–Crippen LogP) is 3.95. The van der Waals surface area contributed by atoms with Crippen molar-refractivity contribution in [3.63, 3.8) is 0 Å². The molecule has 2 aromatic heterocycles. The van der Waals surface area contributed by atoms with Crippen LogP contribution in [0.3, 0.4) is 0 Å². The lowest BCUT2D eigenvalue weighted by Gasteiger charge is -2.34. The lowest BCUT2D eigenvalue weighted by Crippen LogP contribution is -2.48. The summed E-state index contributed by atoms with van der Waals surface area (Å²) in [5.74, 6) is -0.137. The molecule has 4 rings (SSSR count). The number of benzene rings is 1. The second-order valence-corrected chi connectivity index (χ2v) is 8.90. The van der Waals surface area contributed by atoms with E-state index in [1.807, 2.05) is 12.3 Å². The fourth-order valence-corrected chi connectivity index (χ4v) is 5.47. The maximum absolute atomic E-state index is 12.6. The van der Waals surface area contributed by atoms with E-state index in [1.165, 1.54) is 21.7 Å². The Kier molecular flexibility index (Phi) is 5.02. The van der Waals surface area contributed by atoms with Crippen LogP contribution in [-0.2, 0) is 0 Å². The van der Waals surface area contributed by atoms with E-state index in [9.17, 15) is 14.9 Å². The van der Waals surface area contributed by atoms with E-state index >= 15 is 0 Å². The summed E-state index contributed by atoms with van der Waals surface area (Å²) in [5, 5.41) is 11.8. The maximum atomic E-state index is 12.6. The monoisotopic (exact) mass is 420 g/mol. The number of carbonyl (C=O) groups excluding carboxylic acids is 1. The van der Waals surface area contributed by atoms with Gasteiger partial charge in [0.1, 0.15) is 0 Å². The number of para-hydroxylation sites is 1. The van der Waals surface area contributed by atoms with Crippen molar-refractivity contribution in [3.05, 3.63) is 45.3 Å². The molecule has 0 N–H and O–H groups in total. The van der Waals surface area contributed by atoms with Gasteiger partial charge in [0.15, 0.2) is 5.13 Å². The molecule has 1 saturated heterocycles. The zero-order valence-corrected chi connectivity index (χ0v) is 16.9. The molecule has 0 atom stereocenters. The van der Waals surface area contributed by atoms with Crippen LogP contribution < -0.4 is 4.90 Å². The lowest BCUT2D eigenvalue weighted by atomic mass is 10.3. The van der Waals surface area contributed by atoms with Crippen LogP contribution in [0.1, 0.15) is 9.67 Å². The molecule has 1 amide bonds. The molecule has 27 heavy (non-hydrogen) atoms. The Labute approximate surface area is 167 Å². The van der Waals surface area contributed by atoms with E-state index in [0.717, 1.165) is 22.0 Å². The van der Waals surface area contributed by atoms with Gasteiger partial charge in [-0.3, -0.25) is 14.9 Å². The van der Waals surface area contributed by atoms with E-state index in [-0.39, 0.29) is 10.9 Å². The van der Waals surface area contributed by atoms with Crippen LogP contribution in [0.2, 0.25) is 0 Å². The zero-order valence-electron chi connectivity index (χ0n) is 14.5. The Hall–Kier alpha value is -2.17. The number of thiazole rings is 1. The quantitative estimate of drug-likeness (QED) is 0.361. The molecule has 0 unspecified atom stereocenters. The number of thioether (sulfide) groups is 1. The first kappa shape index (κ1) is 18.2. The van der Waals surface area contributed by atoms with Gasteiger partial charge in [-0.15, -0.1) is 11.8 Å². The summed E-state index contributed by atoms with van der Waals surface area (Å²) < 4.78 is 1.17. The summed E-state index contributed by atoms with van der Waals surface area (Å²) in [6.45, 7) is 2.56. The molecule has 3 aromatic rings. The molecule has 10 heteroatoms. The molecule has 1 aromatic carbocycles. The van der Waals surface area contributed by atoms with Crippen molar-refractivity contribution in [2.45, 2.75) is 4.90 Å². The number of rotatable bonds is 4. The highest BCUT2D eigenvalue weighted by atomic mass is 32.2. The first-order valence-corrected chi connectivity index (χ1v) is 11.1. The predicted molar refractivity (Wildman–Crippen MR) is 110 cm³/mol. The Balaban J connectivity index is 1.45. The summed E-state index contributed by atoms with van der Waals surface area (Å²) in [6, 6.07) is 9.13. The first-order valence-electron chi connectivity index (χ1n) is 8.29. The molecule has 140 valence electrons. The number of thiophene rings is 1. The Morgan fingerprint density at radius 3 is 2.63 bits per heavy atom. The van der Waals surface area contributed by atoms with Gasteiger partial charge in [-0.25, -0.2) is 4.98 Å². The molecule has 1 aliphatic rings. The van der Waals surface area contributed by atoms with Crippen molar-refractivity contribution < 1.29 is 9.72 Å². The largest absolute Gasteiger partial charge is 0.345 e. The first-order chi connectivity index (χ1) is 13.1. The molecule has 3 heterocycles. The maximum Gasteiger partial charge on any atom is 0.324 e. The molecule has 0 aliphatic carbocycles. The summed E-state index contributed by atoms with van der Waals surface area (Å²) in [4.78, 5) is 33.3. The number of aromatic nitrogens is 1. The number of hydrogen-bond donors (Lipinski definition) is 0. The van der Waals surface area contributed by atoms with E-state index in [2.05, 4.69) is 17.0 Å². The Bertz CT molecular complexity index is 1010. The van der Waals surface area contributed by atoms with Crippen LogP contribution in [0.25, 0.3) is 10.2 Å². The molecule has 0 spiro atoms. The van der Waals surface area contributed by atoms with Gasteiger partial charge in [-0.2, -0.15) is 0 Å². The summed E-state index contributed by atoms with van der Waals surface area (Å²) >= 11 is 4.29. The minimum Gasteiger partial charge on any atom is -0.345 e. The molecule has 0 saturated carbocycles. The van der Waals surface area contributed by atoms with Gasteiger partial charge >= 0.3 is 5.00 Å². The van der Waals surface area contributed by atoms with Gasteiger partial charge in [0.2, 0.25) is 0 Å². The van der Waals surface area contributed by atoms with Crippen molar-refractivity contribution >= 4 is 60.7 Å². The highest BCUT2D eigenvalue weighted by Gasteiger charge is 2.26.